The molecule has 3 N–H and O–H groups in total. The van der Waals surface area contributed by atoms with E-state index in [2.05, 4.69) is 26.3 Å². The first-order chi connectivity index (χ1) is 10.6. The quantitative estimate of drug-likeness (QED) is 0.830. The van der Waals surface area contributed by atoms with E-state index in [1.807, 2.05) is 24.3 Å². The van der Waals surface area contributed by atoms with E-state index in [0.717, 1.165) is 35.8 Å². The van der Waals surface area contributed by atoms with Crippen molar-refractivity contribution in [1.29, 1.82) is 0 Å². The molecule has 1 aromatic heterocycles. The SMILES string of the molecule is Cl.NCC1(NC(=O)c2ccn(-c3cccc(Br)c3)n2)CCCC1. The summed E-state index contributed by atoms with van der Waals surface area (Å²) >= 11 is 3.44. The molecule has 1 saturated carbocycles. The average molecular weight is 400 g/mol. The lowest BCUT2D eigenvalue weighted by Crippen LogP contribution is -2.51. The molecule has 0 bridgehead atoms. The number of nitrogens with zero attached hydrogens (tertiary/aromatic N) is 2. The Morgan fingerprint density at radius 3 is 2.74 bits per heavy atom. The van der Waals surface area contributed by atoms with E-state index in [0.29, 0.717) is 12.2 Å². The zero-order valence-corrected chi connectivity index (χ0v) is 15.1. The first-order valence-electron chi connectivity index (χ1n) is 7.46. The zero-order chi connectivity index (χ0) is 15.6. The molecule has 7 heteroatoms. The second-order valence-electron chi connectivity index (χ2n) is 5.77. The van der Waals surface area contributed by atoms with Gasteiger partial charge in [0.1, 0.15) is 0 Å². The van der Waals surface area contributed by atoms with Crippen molar-refractivity contribution in [1.82, 2.24) is 15.1 Å². The highest BCUT2D eigenvalue weighted by Crippen LogP contribution is 2.28. The fraction of sp³-hybridized carbons (Fsp3) is 0.375. The van der Waals surface area contributed by atoms with E-state index in [-0.39, 0.29) is 23.9 Å². The Labute approximate surface area is 150 Å². The van der Waals surface area contributed by atoms with Crippen LogP contribution >= 0.6 is 28.3 Å². The number of hydrogen-bond donors (Lipinski definition) is 2. The predicted octanol–water partition coefficient (Wildman–Crippen LogP) is 3.06. The number of halogens is 2. The first-order valence-corrected chi connectivity index (χ1v) is 8.25. The van der Waals surface area contributed by atoms with Gasteiger partial charge in [-0.25, -0.2) is 4.68 Å². The number of hydrogen-bond acceptors (Lipinski definition) is 3. The average Bonchev–Trinajstić information content (AvgIpc) is 3.17. The largest absolute Gasteiger partial charge is 0.344 e. The highest BCUT2D eigenvalue weighted by Gasteiger charge is 2.34. The number of nitrogens with one attached hydrogen (secondary N) is 1. The number of carbonyl (C=O) groups excluding carboxylic acids is 1. The van der Waals surface area contributed by atoms with Crippen LogP contribution in [0.15, 0.2) is 41.0 Å². The van der Waals surface area contributed by atoms with Crippen LogP contribution in [0, 0.1) is 0 Å². The molecule has 1 aliphatic rings. The summed E-state index contributed by atoms with van der Waals surface area (Å²) < 4.78 is 2.67. The molecule has 0 atom stereocenters. The van der Waals surface area contributed by atoms with Crippen molar-refractivity contribution < 1.29 is 4.79 Å². The summed E-state index contributed by atoms with van der Waals surface area (Å²) in [4.78, 5) is 12.4. The predicted molar refractivity (Wildman–Crippen MR) is 96.2 cm³/mol. The summed E-state index contributed by atoms with van der Waals surface area (Å²) in [6.45, 7) is 0.477. The van der Waals surface area contributed by atoms with E-state index in [9.17, 15) is 4.79 Å². The van der Waals surface area contributed by atoms with Crippen LogP contribution in [-0.4, -0.2) is 27.8 Å². The third kappa shape index (κ3) is 3.94. The Bertz CT molecular complexity index is 682. The fourth-order valence-electron chi connectivity index (χ4n) is 2.94. The van der Waals surface area contributed by atoms with Crippen LogP contribution in [0.5, 0.6) is 0 Å². The van der Waals surface area contributed by atoms with Crippen LogP contribution in [0.2, 0.25) is 0 Å². The standard InChI is InChI=1S/C16H19BrN4O.ClH/c17-12-4-3-5-13(10-12)21-9-6-14(20-21)15(22)19-16(11-18)7-1-2-8-16;/h3-6,9-10H,1-2,7-8,11,18H2,(H,19,22);1H. The van der Waals surface area contributed by atoms with Crippen LogP contribution < -0.4 is 11.1 Å². The number of rotatable bonds is 4. The van der Waals surface area contributed by atoms with Gasteiger partial charge in [-0.3, -0.25) is 4.79 Å². The third-order valence-corrected chi connectivity index (χ3v) is 4.72. The molecule has 0 unspecified atom stereocenters. The molecule has 23 heavy (non-hydrogen) atoms. The molecule has 0 radical (unpaired) electrons. The monoisotopic (exact) mass is 398 g/mol. The lowest BCUT2D eigenvalue weighted by molar-refractivity contribution is 0.0897. The zero-order valence-electron chi connectivity index (χ0n) is 12.7. The first kappa shape index (κ1) is 18.0. The summed E-state index contributed by atoms with van der Waals surface area (Å²) in [6, 6.07) is 9.51. The van der Waals surface area contributed by atoms with Gasteiger partial charge in [0.2, 0.25) is 0 Å². The number of amides is 1. The molecule has 1 aliphatic carbocycles. The van der Waals surface area contributed by atoms with Crippen molar-refractivity contribution in [2.24, 2.45) is 5.73 Å². The molecular weight excluding hydrogens is 380 g/mol. The van der Waals surface area contributed by atoms with Crippen molar-refractivity contribution in [2.75, 3.05) is 6.54 Å². The van der Waals surface area contributed by atoms with Crippen LogP contribution in [0.1, 0.15) is 36.2 Å². The summed E-state index contributed by atoms with van der Waals surface area (Å²) in [5.74, 6) is -0.152. The molecular formula is C16H20BrClN4O. The van der Waals surface area contributed by atoms with Gasteiger partial charge in [0.05, 0.1) is 11.2 Å². The Kier molecular flexibility index (Phi) is 5.84. The third-order valence-electron chi connectivity index (χ3n) is 4.22. The van der Waals surface area contributed by atoms with Gasteiger partial charge in [-0.1, -0.05) is 34.8 Å². The minimum atomic E-state index is -0.253. The second kappa shape index (κ2) is 7.47. The Morgan fingerprint density at radius 2 is 2.09 bits per heavy atom. The van der Waals surface area contributed by atoms with Crippen molar-refractivity contribution in [2.45, 2.75) is 31.2 Å². The van der Waals surface area contributed by atoms with Crippen LogP contribution in [-0.2, 0) is 0 Å². The Hall–Kier alpha value is -1.37. The normalized spacial score (nSPS) is 15.9. The maximum Gasteiger partial charge on any atom is 0.272 e. The van der Waals surface area contributed by atoms with E-state index in [4.69, 9.17) is 5.73 Å². The molecule has 0 aliphatic heterocycles. The van der Waals surface area contributed by atoms with E-state index < -0.39 is 0 Å². The number of aromatic nitrogens is 2. The molecule has 124 valence electrons. The molecule has 3 rings (SSSR count). The van der Waals surface area contributed by atoms with E-state index >= 15 is 0 Å². The maximum absolute atomic E-state index is 12.4. The van der Waals surface area contributed by atoms with Crippen molar-refractivity contribution in [3.05, 3.63) is 46.7 Å². The molecule has 5 nitrogen and oxygen atoms in total. The van der Waals surface area contributed by atoms with Gasteiger partial charge in [0.15, 0.2) is 5.69 Å². The Balaban J connectivity index is 0.00000192. The van der Waals surface area contributed by atoms with Gasteiger partial charge in [0, 0.05) is 17.2 Å². The molecule has 0 spiro atoms. The summed E-state index contributed by atoms with van der Waals surface area (Å²) in [6.07, 6.45) is 5.91. The molecule has 1 aromatic carbocycles. The van der Waals surface area contributed by atoms with Crippen molar-refractivity contribution in [3.8, 4) is 5.69 Å². The van der Waals surface area contributed by atoms with Crippen LogP contribution in [0.3, 0.4) is 0 Å². The lowest BCUT2D eigenvalue weighted by atomic mass is 9.97. The van der Waals surface area contributed by atoms with Crippen molar-refractivity contribution in [3.63, 3.8) is 0 Å². The lowest BCUT2D eigenvalue weighted by Gasteiger charge is -2.28. The molecule has 1 fully saturated rings. The molecule has 0 saturated heterocycles. The highest BCUT2D eigenvalue weighted by atomic mass is 79.9. The molecule has 1 heterocycles. The van der Waals surface area contributed by atoms with E-state index in [1.54, 1.807) is 16.9 Å². The van der Waals surface area contributed by atoms with Gasteiger partial charge in [0.25, 0.3) is 5.91 Å². The van der Waals surface area contributed by atoms with Gasteiger partial charge in [-0.15, -0.1) is 12.4 Å². The van der Waals surface area contributed by atoms with Gasteiger partial charge in [-0.2, -0.15) is 5.10 Å². The number of carbonyl (C=O) groups is 1. The summed E-state index contributed by atoms with van der Waals surface area (Å²) in [5, 5.41) is 7.46. The molecule has 2 aromatic rings. The van der Waals surface area contributed by atoms with E-state index in [1.165, 1.54) is 0 Å². The molecule has 1 amide bonds. The smallest absolute Gasteiger partial charge is 0.272 e. The van der Waals surface area contributed by atoms with Gasteiger partial charge < -0.3 is 11.1 Å². The minimum absolute atomic E-state index is 0. The van der Waals surface area contributed by atoms with Crippen LogP contribution in [0.4, 0.5) is 0 Å². The summed E-state index contributed by atoms with van der Waals surface area (Å²) in [7, 11) is 0. The fourth-order valence-corrected chi connectivity index (χ4v) is 3.33. The topological polar surface area (TPSA) is 72.9 Å². The van der Waals surface area contributed by atoms with Crippen molar-refractivity contribution >= 4 is 34.2 Å². The maximum atomic E-state index is 12.4. The summed E-state index contributed by atoms with van der Waals surface area (Å²) in [5.41, 5.74) is 6.93. The van der Waals surface area contributed by atoms with Crippen LogP contribution in [0.25, 0.3) is 5.69 Å². The second-order valence-corrected chi connectivity index (χ2v) is 6.69. The highest BCUT2D eigenvalue weighted by molar-refractivity contribution is 9.10. The number of nitrogens with two attached hydrogens (primary N) is 1. The minimum Gasteiger partial charge on any atom is -0.344 e. The van der Waals surface area contributed by atoms with Gasteiger partial charge in [-0.05, 0) is 37.1 Å². The van der Waals surface area contributed by atoms with Gasteiger partial charge >= 0.3 is 0 Å². The number of benzene rings is 1. The Morgan fingerprint density at radius 1 is 1.35 bits per heavy atom.